The summed E-state index contributed by atoms with van der Waals surface area (Å²) < 4.78 is 18.6. The summed E-state index contributed by atoms with van der Waals surface area (Å²) in [5, 5.41) is 4.78. The van der Waals surface area contributed by atoms with Gasteiger partial charge in [0.2, 0.25) is 12.7 Å². The lowest BCUT2D eigenvalue weighted by molar-refractivity contribution is 0.174. The molecule has 8 heteroatoms. The van der Waals surface area contributed by atoms with Gasteiger partial charge in [0.25, 0.3) is 0 Å². The first kappa shape index (κ1) is 18.8. The number of oxazole rings is 1. The van der Waals surface area contributed by atoms with Crippen LogP contribution in [0.3, 0.4) is 0 Å². The summed E-state index contributed by atoms with van der Waals surface area (Å²) in [6.45, 7) is 7.92. The second-order valence-corrected chi connectivity index (χ2v) is 7.64. The van der Waals surface area contributed by atoms with E-state index in [9.17, 15) is 0 Å². The molecular formula is C20H23ClN4O3. The van der Waals surface area contributed by atoms with Crippen molar-refractivity contribution in [3.63, 3.8) is 0 Å². The van der Waals surface area contributed by atoms with Crippen molar-refractivity contribution in [3.8, 4) is 23.0 Å². The number of aromatic nitrogens is 3. The van der Waals surface area contributed by atoms with Crippen LogP contribution in [0, 0.1) is 6.92 Å². The highest BCUT2D eigenvalue weighted by atomic mass is 35.5. The largest absolute Gasteiger partial charge is 0.454 e. The van der Waals surface area contributed by atoms with E-state index in [0.717, 1.165) is 23.6 Å². The predicted octanol–water partition coefficient (Wildman–Crippen LogP) is 4.18. The molecule has 3 aromatic rings. The van der Waals surface area contributed by atoms with E-state index >= 15 is 0 Å². The van der Waals surface area contributed by atoms with E-state index in [1.54, 1.807) is 6.07 Å². The minimum absolute atomic E-state index is 0.197. The molecule has 0 unspecified atom stereocenters. The molecular weight excluding hydrogens is 380 g/mol. The first-order chi connectivity index (χ1) is 13.4. The molecule has 3 heterocycles. The van der Waals surface area contributed by atoms with Crippen molar-refractivity contribution in [2.75, 3.05) is 6.79 Å². The van der Waals surface area contributed by atoms with Crippen molar-refractivity contribution in [3.05, 3.63) is 46.6 Å². The lowest BCUT2D eigenvalue weighted by Gasteiger charge is -2.25. The van der Waals surface area contributed by atoms with Gasteiger partial charge in [-0.05, 0) is 26.8 Å². The smallest absolute Gasteiger partial charge is 0.231 e. The number of fused-ring (bicyclic) bond motifs is 1. The Hall–Kier alpha value is -2.51. The van der Waals surface area contributed by atoms with Crippen LogP contribution in [0.15, 0.2) is 28.9 Å². The van der Waals surface area contributed by atoms with Crippen molar-refractivity contribution in [2.45, 2.75) is 39.9 Å². The van der Waals surface area contributed by atoms with Crippen LogP contribution in [-0.2, 0) is 20.1 Å². The molecule has 148 valence electrons. The monoisotopic (exact) mass is 402 g/mol. The minimum atomic E-state index is 0.197. The molecule has 0 aliphatic carbocycles. The van der Waals surface area contributed by atoms with Gasteiger partial charge in [-0.2, -0.15) is 5.10 Å². The lowest BCUT2D eigenvalue weighted by Crippen LogP contribution is -2.30. The van der Waals surface area contributed by atoms with Crippen molar-refractivity contribution in [1.29, 1.82) is 0 Å². The average Bonchev–Trinajstić information content (AvgIpc) is 3.34. The maximum Gasteiger partial charge on any atom is 0.231 e. The van der Waals surface area contributed by atoms with Gasteiger partial charge < -0.3 is 13.9 Å². The van der Waals surface area contributed by atoms with Crippen LogP contribution in [0.1, 0.15) is 30.9 Å². The van der Waals surface area contributed by atoms with Gasteiger partial charge in [-0.25, -0.2) is 4.98 Å². The van der Waals surface area contributed by atoms with Crippen molar-refractivity contribution < 1.29 is 13.9 Å². The van der Waals surface area contributed by atoms with E-state index in [1.807, 2.05) is 37.1 Å². The summed E-state index contributed by atoms with van der Waals surface area (Å²) in [6, 6.07) is 3.89. The average molecular weight is 403 g/mol. The molecule has 0 N–H and O–H groups in total. The second kappa shape index (κ2) is 7.48. The molecule has 4 rings (SSSR count). The Bertz CT molecular complexity index is 995. The van der Waals surface area contributed by atoms with Gasteiger partial charge in [0.15, 0.2) is 11.5 Å². The molecule has 1 aliphatic heterocycles. The fraction of sp³-hybridized carbons (Fsp3) is 0.400. The molecule has 2 aromatic heterocycles. The zero-order chi connectivity index (χ0) is 19.8. The number of halogens is 1. The van der Waals surface area contributed by atoms with Crippen LogP contribution < -0.4 is 9.47 Å². The number of nitrogens with zero attached hydrogens (tertiary/aromatic N) is 4. The number of benzene rings is 1. The highest BCUT2D eigenvalue weighted by molar-refractivity contribution is 6.33. The van der Waals surface area contributed by atoms with E-state index in [2.05, 4.69) is 23.8 Å². The highest BCUT2D eigenvalue weighted by Crippen LogP contribution is 2.41. The third-order valence-corrected chi connectivity index (χ3v) is 5.13. The van der Waals surface area contributed by atoms with Crippen LogP contribution >= 0.6 is 11.6 Å². The molecule has 0 amide bonds. The topological polar surface area (TPSA) is 65.6 Å². The molecule has 0 atom stereocenters. The second-order valence-electron chi connectivity index (χ2n) is 7.23. The fourth-order valence-electron chi connectivity index (χ4n) is 3.17. The van der Waals surface area contributed by atoms with Gasteiger partial charge in [0, 0.05) is 44.0 Å². The van der Waals surface area contributed by atoms with Crippen LogP contribution in [0.2, 0.25) is 5.02 Å². The minimum Gasteiger partial charge on any atom is -0.454 e. The van der Waals surface area contributed by atoms with E-state index in [-0.39, 0.29) is 6.79 Å². The summed E-state index contributed by atoms with van der Waals surface area (Å²) >= 11 is 6.41. The molecule has 1 aromatic carbocycles. The molecule has 0 fully saturated rings. The van der Waals surface area contributed by atoms with E-state index in [4.69, 9.17) is 30.5 Å². The van der Waals surface area contributed by atoms with Crippen LogP contribution in [0.5, 0.6) is 11.5 Å². The van der Waals surface area contributed by atoms with E-state index in [1.165, 1.54) is 0 Å². The molecule has 1 aliphatic rings. The van der Waals surface area contributed by atoms with Gasteiger partial charge in [-0.15, -0.1) is 0 Å². The summed E-state index contributed by atoms with van der Waals surface area (Å²) in [5.41, 5.74) is 2.75. The molecule has 0 bridgehead atoms. The van der Waals surface area contributed by atoms with Crippen LogP contribution in [0.4, 0.5) is 0 Å². The van der Waals surface area contributed by atoms with Gasteiger partial charge in [-0.1, -0.05) is 11.6 Å². The molecule has 28 heavy (non-hydrogen) atoms. The predicted molar refractivity (Wildman–Crippen MR) is 105 cm³/mol. The quantitative estimate of drug-likeness (QED) is 0.616. The Kier molecular flexibility index (Phi) is 5.03. The van der Waals surface area contributed by atoms with E-state index in [0.29, 0.717) is 40.6 Å². The van der Waals surface area contributed by atoms with Gasteiger partial charge in [0.05, 0.1) is 22.5 Å². The molecule has 0 saturated carbocycles. The number of rotatable bonds is 6. The first-order valence-electron chi connectivity index (χ1n) is 9.18. The normalized spacial score (nSPS) is 13.1. The fourth-order valence-corrected chi connectivity index (χ4v) is 3.41. The molecule has 0 spiro atoms. The van der Waals surface area contributed by atoms with Crippen molar-refractivity contribution >= 4 is 11.6 Å². The van der Waals surface area contributed by atoms with Crippen LogP contribution in [0.25, 0.3) is 11.5 Å². The Balaban J connectivity index is 1.58. The summed E-state index contributed by atoms with van der Waals surface area (Å²) in [5.74, 6) is 2.55. The molecule has 0 radical (unpaired) electrons. The Morgan fingerprint density at radius 3 is 2.64 bits per heavy atom. The highest BCUT2D eigenvalue weighted by Gasteiger charge is 2.22. The van der Waals surface area contributed by atoms with Crippen LogP contribution in [-0.4, -0.2) is 32.5 Å². The third-order valence-electron chi connectivity index (χ3n) is 4.81. The number of hydrogen-bond acceptors (Lipinski definition) is 6. The molecule has 0 saturated heterocycles. The zero-order valence-electron chi connectivity index (χ0n) is 16.4. The van der Waals surface area contributed by atoms with Crippen molar-refractivity contribution in [1.82, 2.24) is 19.7 Å². The summed E-state index contributed by atoms with van der Waals surface area (Å²) in [4.78, 5) is 7.05. The number of aryl methyl sites for hydroxylation is 2. The van der Waals surface area contributed by atoms with E-state index < -0.39 is 0 Å². The standard InChI is InChI=1S/C20H23ClN4O3/c1-12(2)25(9-14-7-22-24(4)8-14)10-17-13(3)28-20(23-17)15-5-18-19(6-16(15)21)27-11-26-18/h5-8,12H,9-11H2,1-4H3. The lowest BCUT2D eigenvalue weighted by atomic mass is 10.2. The number of hydrogen-bond donors (Lipinski definition) is 0. The Morgan fingerprint density at radius 2 is 1.96 bits per heavy atom. The first-order valence-corrected chi connectivity index (χ1v) is 9.56. The maximum absolute atomic E-state index is 6.41. The SMILES string of the molecule is Cc1oc(-c2cc3c(cc2Cl)OCO3)nc1CN(Cc1cnn(C)c1)C(C)C. The molecule has 7 nitrogen and oxygen atoms in total. The van der Waals surface area contributed by atoms with Gasteiger partial charge >= 0.3 is 0 Å². The maximum atomic E-state index is 6.41. The summed E-state index contributed by atoms with van der Waals surface area (Å²) in [6.07, 6.45) is 3.92. The number of ether oxygens (including phenoxy) is 2. The Morgan fingerprint density at radius 1 is 1.21 bits per heavy atom. The van der Waals surface area contributed by atoms with Gasteiger partial charge in [0.1, 0.15) is 5.76 Å². The van der Waals surface area contributed by atoms with Gasteiger partial charge in [-0.3, -0.25) is 9.58 Å². The Labute approximate surface area is 168 Å². The third kappa shape index (κ3) is 3.72. The van der Waals surface area contributed by atoms with Crippen molar-refractivity contribution in [2.24, 2.45) is 7.05 Å². The summed E-state index contributed by atoms with van der Waals surface area (Å²) in [7, 11) is 1.92. The zero-order valence-corrected chi connectivity index (χ0v) is 17.2.